The Morgan fingerprint density at radius 2 is 1.50 bits per heavy atom. The first-order chi connectivity index (χ1) is 5.15. The van der Waals surface area contributed by atoms with Crippen molar-refractivity contribution >= 4 is 0 Å². The molecule has 0 aliphatic heterocycles. The normalized spacial score (nSPS) is 7.93. The van der Waals surface area contributed by atoms with Gasteiger partial charge in [0.1, 0.15) is 12.3 Å². The van der Waals surface area contributed by atoms with E-state index in [1.54, 1.807) is 12.1 Å². The van der Waals surface area contributed by atoms with Gasteiger partial charge in [0.15, 0.2) is 11.4 Å². The van der Waals surface area contributed by atoms with Crippen molar-refractivity contribution < 1.29 is 37.6 Å². The maximum atomic E-state index is 9.20. The molecule has 1 heterocycles. The number of rotatable bonds is 1. The van der Waals surface area contributed by atoms with E-state index in [2.05, 4.69) is 11.5 Å². The average molecular weight is 268 g/mol. The van der Waals surface area contributed by atoms with Crippen LogP contribution in [0.4, 0.5) is 0 Å². The highest BCUT2D eigenvalue weighted by Gasteiger charge is 2.08. The molecule has 1 rings (SSSR count). The van der Waals surface area contributed by atoms with Gasteiger partial charge in [0.25, 0.3) is 0 Å². The Labute approximate surface area is 94.6 Å². The molecule has 14 heavy (non-hydrogen) atoms. The minimum Gasteiger partial charge on any atom is -1.00 e. The van der Waals surface area contributed by atoms with E-state index < -0.39 is 0 Å². The molecular formula is C9H18BrNO3. The minimum atomic E-state index is 0. The third-order valence-electron chi connectivity index (χ3n) is 1.88. The standard InChI is InChI=1S/C9H13NO.BrH.2H2O/c1-4-10-7(2)5-9(11)6-8(10)3;;;/h5-6H,4H2,1-3H3;1H;2*1H2. The van der Waals surface area contributed by atoms with Crippen molar-refractivity contribution in [2.45, 2.75) is 27.3 Å². The third kappa shape index (κ3) is 4.04. The first-order valence-corrected chi connectivity index (χ1v) is 3.85. The smallest absolute Gasteiger partial charge is 0.182 e. The number of halogens is 1. The molecule has 4 nitrogen and oxygen atoms in total. The van der Waals surface area contributed by atoms with Gasteiger partial charge in [-0.3, -0.25) is 0 Å². The third-order valence-corrected chi connectivity index (χ3v) is 1.88. The summed E-state index contributed by atoms with van der Waals surface area (Å²) >= 11 is 0. The van der Waals surface area contributed by atoms with Crippen LogP contribution < -0.4 is 21.5 Å². The Balaban J connectivity index is -0.000000403. The predicted octanol–water partition coefficient (Wildman–Crippen LogP) is -3.33. The fourth-order valence-electron chi connectivity index (χ4n) is 1.40. The first kappa shape index (κ1) is 19.0. The molecule has 1 aromatic rings. The molecule has 0 atom stereocenters. The van der Waals surface area contributed by atoms with Gasteiger partial charge < -0.3 is 33.0 Å². The molecule has 0 aliphatic carbocycles. The number of aryl methyl sites for hydroxylation is 2. The monoisotopic (exact) mass is 267 g/mol. The molecule has 0 saturated heterocycles. The zero-order valence-corrected chi connectivity index (χ0v) is 10.2. The van der Waals surface area contributed by atoms with Crippen molar-refractivity contribution in [1.29, 1.82) is 0 Å². The Hall–Kier alpha value is -0.650. The average Bonchev–Trinajstić information content (AvgIpc) is 1.85. The van der Waals surface area contributed by atoms with E-state index >= 15 is 0 Å². The van der Waals surface area contributed by atoms with Crippen molar-refractivity contribution in [1.82, 2.24) is 0 Å². The summed E-state index contributed by atoms with van der Waals surface area (Å²) in [4.78, 5) is 0. The summed E-state index contributed by atoms with van der Waals surface area (Å²) in [5.74, 6) is 0.352. The van der Waals surface area contributed by atoms with E-state index in [1.807, 2.05) is 13.8 Å². The highest BCUT2D eigenvalue weighted by Crippen LogP contribution is 2.08. The van der Waals surface area contributed by atoms with Crippen molar-refractivity contribution in [3.05, 3.63) is 23.5 Å². The predicted molar refractivity (Wildman–Crippen MR) is 50.7 cm³/mol. The largest absolute Gasteiger partial charge is 1.00 e. The highest BCUT2D eigenvalue weighted by atomic mass is 79.9. The lowest BCUT2D eigenvalue weighted by atomic mass is 10.3. The SMILES string of the molecule is CC[n+]1c(C)cc(O)cc1C.O.O.[Br-]. The molecule has 0 unspecified atom stereocenters. The van der Waals surface area contributed by atoms with Gasteiger partial charge >= 0.3 is 0 Å². The van der Waals surface area contributed by atoms with E-state index in [-0.39, 0.29) is 27.9 Å². The lowest BCUT2D eigenvalue weighted by Gasteiger charge is -2.00. The van der Waals surface area contributed by atoms with Crippen LogP contribution in [-0.4, -0.2) is 16.1 Å². The van der Waals surface area contributed by atoms with Crippen molar-refractivity contribution in [2.24, 2.45) is 0 Å². The molecule has 0 bridgehead atoms. The number of aromatic nitrogens is 1. The van der Waals surface area contributed by atoms with Crippen molar-refractivity contribution in [3.63, 3.8) is 0 Å². The van der Waals surface area contributed by atoms with Crippen LogP contribution in [0.5, 0.6) is 5.75 Å². The first-order valence-electron chi connectivity index (χ1n) is 3.85. The molecule has 0 saturated carbocycles. The summed E-state index contributed by atoms with van der Waals surface area (Å²) in [7, 11) is 0. The van der Waals surface area contributed by atoms with E-state index in [9.17, 15) is 5.11 Å². The second-order valence-corrected chi connectivity index (χ2v) is 2.74. The molecule has 0 amide bonds. The van der Waals surface area contributed by atoms with E-state index in [4.69, 9.17) is 0 Å². The second kappa shape index (κ2) is 7.73. The number of hydrogen-bond acceptors (Lipinski definition) is 1. The van der Waals surface area contributed by atoms with Gasteiger partial charge in [-0.2, -0.15) is 0 Å². The lowest BCUT2D eigenvalue weighted by Crippen LogP contribution is -3.00. The maximum Gasteiger partial charge on any atom is 0.182 e. The topological polar surface area (TPSA) is 87.1 Å². The summed E-state index contributed by atoms with van der Waals surface area (Å²) in [5, 5.41) is 9.20. The number of hydrogen-bond donors (Lipinski definition) is 1. The van der Waals surface area contributed by atoms with Gasteiger partial charge in [-0.25, -0.2) is 4.57 Å². The summed E-state index contributed by atoms with van der Waals surface area (Å²) in [6.45, 7) is 7.04. The quantitative estimate of drug-likeness (QED) is 0.531. The van der Waals surface area contributed by atoms with Crippen LogP contribution in [0.1, 0.15) is 18.3 Å². The number of aromatic hydroxyl groups is 1. The lowest BCUT2D eigenvalue weighted by molar-refractivity contribution is -0.705. The van der Waals surface area contributed by atoms with Gasteiger partial charge in [0.05, 0.1) is 0 Å². The van der Waals surface area contributed by atoms with Gasteiger partial charge in [0, 0.05) is 26.0 Å². The van der Waals surface area contributed by atoms with Crippen LogP contribution in [0.25, 0.3) is 0 Å². The molecule has 0 aliphatic rings. The van der Waals surface area contributed by atoms with Crippen LogP contribution >= 0.6 is 0 Å². The highest BCUT2D eigenvalue weighted by molar-refractivity contribution is 5.20. The van der Waals surface area contributed by atoms with Crippen LogP contribution in [0.3, 0.4) is 0 Å². The van der Waals surface area contributed by atoms with Gasteiger partial charge in [0.2, 0.25) is 0 Å². The van der Waals surface area contributed by atoms with E-state index in [0.717, 1.165) is 17.9 Å². The Morgan fingerprint density at radius 1 is 1.14 bits per heavy atom. The van der Waals surface area contributed by atoms with Crippen LogP contribution in [0, 0.1) is 13.8 Å². The van der Waals surface area contributed by atoms with Crippen molar-refractivity contribution in [3.8, 4) is 5.75 Å². The van der Waals surface area contributed by atoms with Crippen LogP contribution in [0.2, 0.25) is 0 Å². The second-order valence-electron chi connectivity index (χ2n) is 2.74. The van der Waals surface area contributed by atoms with Crippen LogP contribution in [0.15, 0.2) is 12.1 Å². The molecule has 1 aromatic heterocycles. The Kier molecular flexibility index (Phi) is 10.5. The van der Waals surface area contributed by atoms with Gasteiger partial charge in [-0.15, -0.1) is 0 Å². The van der Waals surface area contributed by atoms with E-state index in [0.29, 0.717) is 5.75 Å². The van der Waals surface area contributed by atoms with Gasteiger partial charge in [-0.05, 0) is 6.92 Å². The summed E-state index contributed by atoms with van der Waals surface area (Å²) in [5.41, 5.74) is 2.20. The van der Waals surface area contributed by atoms with E-state index in [1.165, 1.54) is 0 Å². The number of pyridine rings is 1. The zero-order chi connectivity index (χ0) is 8.43. The summed E-state index contributed by atoms with van der Waals surface area (Å²) < 4.78 is 2.15. The molecule has 5 N–H and O–H groups in total. The molecule has 0 spiro atoms. The molecule has 5 heteroatoms. The molecular weight excluding hydrogens is 250 g/mol. The Bertz CT molecular complexity index is 256. The summed E-state index contributed by atoms with van der Waals surface area (Å²) in [6.07, 6.45) is 0. The fraction of sp³-hybridized carbons (Fsp3) is 0.444. The minimum absolute atomic E-state index is 0. The molecule has 0 aromatic carbocycles. The fourth-order valence-corrected chi connectivity index (χ4v) is 1.40. The maximum absolute atomic E-state index is 9.20. The molecule has 0 radical (unpaired) electrons. The van der Waals surface area contributed by atoms with Crippen molar-refractivity contribution in [2.75, 3.05) is 0 Å². The zero-order valence-electron chi connectivity index (χ0n) is 8.63. The molecule has 84 valence electrons. The van der Waals surface area contributed by atoms with Gasteiger partial charge in [-0.1, -0.05) is 0 Å². The van der Waals surface area contributed by atoms with Crippen LogP contribution in [-0.2, 0) is 6.54 Å². The molecule has 0 fully saturated rings. The summed E-state index contributed by atoms with van der Waals surface area (Å²) in [6, 6.07) is 3.55. The Morgan fingerprint density at radius 3 is 1.79 bits per heavy atom. The number of nitrogens with zero attached hydrogens (tertiary/aromatic N) is 1.